The maximum atomic E-state index is 11.4. The SMILES string of the molecule is O=C(O)C1(CON2CCC(O)CC2)C=CC=CC1. The van der Waals surface area contributed by atoms with Gasteiger partial charge in [-0.1, -0.05) is 24.3 Å². The minimum atomic E-state index is -0.954. The molecule has 0 aromatic carbocycles. The molecule has 1 atom stereocenters. The Hall–Kier alpha value is -1.17. The van der Waals surface area contributed by atoms with Crippen molar-refractivity contribution in [1.29, 1.82) is 0 Å². The van der Waals surface area contributed by atoms with Crippen molar-refractivity contribution in [3.63, 3.8) is 0 Å². The molecule has 1 aliphatic heterocycles. The van der Waals surface area contributed by atoms with Crippen LogP contribution in [0.3, 0.4) is 0 Å². The van der Waals surface area contributed by atoms with Crippen LogP contribution >= 0.6 is 0 Å². The van der Waals surface area contributed by atoms with E-state index in [-0.39, 0.29) is 12.7 Å². The highest BCUT2D eigenvalue weighted by atomic mass is 16.7. The van der Waals surface area contributed by atoms with Crippen molar-refractivity contribution < 1.29 is 19.8 Å². The fraction of sp³-hybridized carbons (Fsp3) is 0.615. The number of aliphatic carboxylic acids is 1. The highest BCUT2D eigenvalue weighted by Crippen LogP contribution is 2.29. The Bertz CT molecular complexity index is 358. The molecule has 0 saturated carbocycles. The topological polar surface area (TPSA) is 70.0 Å². The molecule has 5 nitrogen and oxygen atoms in total. The Labute approximate surface area is 106 Å². The molecule has 1 saturated heterocycles. The molecule has 0 aromatic rings. The zero-order valence-electron chi connectivity index (χ0n) is 10.3. The number of piperidine rings is 1. The second kappa shape index (κ2) is 5.65. The zero-order valence-corrected chi connectivity index (χ0v) is 10.3. The van der Waals surface area contributed by atoms with Crippen molar-refractivity contribution in [2.45, 2.75) is 25.4 Å². The molecule has 5 heteroatoms. The van der Waals surface area contributed by atoms with Crippen LogP contribution in [0.5, 0.6) is 0 Å². The van der Waals surface area contributed by atoms with Gasteiger partial charge in [-0.05, 0) is 19.3 Å². The monoisotopic (exact) mass is 253 g/mol. The first-order chi connectivity index (χ1) is 8.62. The summed E-state index contributed by atoms with van der Waals surface area (Å²) >= 11 is 0. The summed E-state index contributed by atoms with van der Waals surface area (Å²) in [5.41, 5.74) is -0.954. The number of carbonyl (C=O) groups is 1. The van der Waals surface area contributed by atoms with Crippen LogP contribution in [0.4, 0.5) is 0 Å². The lowest BCUT2D eigenvalue weighted by Gasteiger charge is -2.33. The van der Waals surface area contributed by atoms with Crippen LogP contribution in [0.25, 0.3) is 0 Å². The van der Waals surface area contributed by atoms with Gasteiger partial charge in [-0.3, -0.25) is 9.63 Å². The molecule has 1 fully saturated rings. The van der Waals surface area contributed by atoms with Crippen LogP contribution in [-0.2, 0) is 9.63 Å². The molecule has 1 heterocycles. The Morgan fingerprint density at radius 2 is 2.11 bits per heavy atom. The molecule has 0 radical (unpaired) electrons. The fourth-order valence-corrected chi connectivity index (χ4v) is 2.17. The van der Waals surface area contributed by atoms with Gasteiger partial charge in [-0.15, -0.1) is 0 Å². The third kappa shape index (κ3) is 2.98. The van der Waals surface area contributed by atoms with E-state index in [2.05, 4.69) is 0 Å². The zero-order chi connectivity index (χ0) is 13.0. The normalized spacial score (nSPS) is 29.6. The standard InChI is InChI=1S/C13H19NO4/c15-11-4-8-14(9-5-11)18-10-13(12(16)17)6-2-1-3-7-13/h1-3,6,11,15H,4-5,7-10H2,(H,16,17). The van der Waals surface area contributed by atoms with E-state index in [1.165, 1.54) is 0 Å². The van der Waals surface area contributed by atoms with Crippen LogP contribution in [0.15, 0.2) is 24.3 Å². The summed E-state index contributed by atoms with van der Waals surface area (Å²) in [6.07, 6.45) is 8.68. The molecule has 1 unspecified atom stereocenters. The minimum absolute atomic E-state index is 0.138. The lowest BCUT2D eigenvalue weighted by atomic mass is 9.82. The van der Waals surface area contributed by atoms with Gasteiger partial charge in [0, 0.05) is 13.1 Å². The molecule has 100 valence electrons. The molecule has 1 aliphatic carbocycles. The van der Waals surface area contributed by atoms with Crippen LogP contribution in [0.2, 0.25) is 0 Å². The Morgan fingerprint density at radius 1 is 1.39 bits per heavy atom. The Balaban J connectivity index is 1.89. The number of hydroxylamine groups is 2. The lowest BCUT2D eigenvalue weighted by molar-refractivity contribution is -0.201. The van der Waals surface area contributed by atoms with Crippen molar-refractivity contribution in [2.75, 3.05) is 19.7 Å². The van der Waals surface area contributed by atoms with Gasteiger partial charge in [0.15, 0.2) is 0 Å². The molecule has 0 spiro atoms. The largest absolute Gasteiger partial charge is 0.481 e. The first kappa shape index (κ1) is 13.3. The van der Waals surface area contributed by atoms with E-state index in [9.17, 15) is 15.0 Å². The maximum Gasteiger partial charge on any atom is 0.316 e. The third-order valence-corrected chi connectivity index (χ3v) is 3.50. The quantitative estimate of drug-likeness (QED) is 0.781. The van der Waals surface area contributed by atoms with Gasteiger partial charge in [0.2, 0.25) is 0 Å². The fourth-order valence-electron chi connectivity index (χ4n) is 2.17. The maximum absolute atomic E-state index is 11.4. The summed E-state index contributed by atoms with van der Waals surface area (Å²) in [5, 5.41) is 20.5. The summed E-state index contributed by atoms with van der Waals surface area (Å²) in [5.74, 6) is -0.861. The summed E-state index contributed by atoms with van der Waals surface area (Å²) in [6, 6.07) is 0. The summed E-state index contributed by atoms with van der Waals surface area (Å²) in [7, 11) is 0. The third-order valence-electron chi connectivity index (χ3n) is 3.50. The molecular formula is C13H19NO4. The van der Waals surface area contributed by atoms with Gasteiger partial charge < -0.3 is 10.2 Å². The summed E-state index contributed by atoms with van der Waals surface area (Å²) < 4.78 is 0. The summed E-state index contributed by atoms with van der Waals surface area (Å²) in [4.78, 5) is 17.0. The average Bonchev–Trinajstić information content (AvgIpc) is 2.39. The number of carboxylic acid groups (broad SMARTS) is 1. The van der Waals surface area contributed by atoms with Gasteiger partial charge >= 0.3 is 5.97 Å². The number of carboxylic acids is 1. The second-order valence-corrected chi connectivity index (χ2v) is 4.89. The van der Waals surface area contributed by atoms with Crippen molar-refractivity contribution in [3.05, 3.63) is 24.3 Å². The van der Waals surface area contributed by atoms with Gasteiger partial charge in [0.25, 0.3) is 0 Å². The summed E-state index contributed by atoms with van der Waals surface area (Å²) in [6.45, 7) is 1.44. The minimum Gasteiger partial charge on any atom is -0.481 e. The molecule has 0 amide bonds. The number of allylic oxidation sites excluding steroid dienone is 3. The number of hydrogen-bond donors (Lipinski definition) is 2. The molecular weight excluding hydrogens is 234 g/mol. The number of aliphatic hydroxyl groups is 1. The molecule has 0 aromatic heterocycles. The molecule has 0 bridgehead atoms. The Kier molecular flexibility index (Phi) is 4.16. The number of aliphatic hydroxyl groups excluding tert-OH is 1. The van der Waals surface area contributed by atoms with Gasteiger partial charge in [-0.25, -0.2) is 0 Å². The van der Waals surface area contributed by atoms with E-state index in [4.69, 9.17) is 4.84 Å². The highest BCUT2D eigenvalue weighted by molar-refractivity contribution is 5.78. The molecule has 2 rings (SSSR count). The highest BCUT2D eigenvalue weighted by Gasteiger charge is 2.37. The van der Waals surface area contributed by atoms with Gasteiger partial charge in [0.05, 0.1) is 12.7 Å². The van der Waals surface area contributed by atoms with Crippen LogP contribution in [-0.4, -0.2) is 47.0 Å². The smallest absolute Gasteiger partial charge is 0.316 e. The van der Waals surface area contributed by atoms with Gasteiger partial charge in [0.1, 0.15) is 5.41 Å². The second-order valence-electron chi connectivity index (χ2n) is 4.89. The van der Waals surface area contributed by atoms with Crippen LogP contribution in [0, 0.1) is 5.41 Å². The molecule has 18 heavy (non-hydrogen) atoms. The average molecular weight is 253 g/mol. The van der Waals surface area contributed by atoms with Crippen LogP contribution < -0.4 is 0 Å². The van der Waals surface area contributed by atoms with E-state index in [0.717, 1.165) is 0 Å². The molecule has 2 aliphatic rings. The number of nitrogens with zero attached hydrogens (tertiary/aromatic N) is 1. The van der Waals surface area contributed by atoms with E-state index in [1.54, 1.807) is 17.2 Å². The van der Waals surface area contributed by atoms with E-state index in [0.29, 0.717) is 32.4 Å². The van der Waals surface area contributed by atoms with E-state index < -0.39 is 11.4 Å². The molecule has 2 N–H and O–H groups in total. The number of rotatable bonds is 4. The van der Waals surface area contributed by atoms with E-state index >= 15 is 0 Å². The van der Waals surface area contributed by atoms with Crippen molar-refractivity contribution >= 4 is 5.97 Å². The predicted octanol–water partition coefficient (Wildman–Crippen LogP) is 0.962. The lowest BCUT2D eigenvalue weighted by Crippen LogP contribution is -2.41. The first-order valence-electron chi connectivity index (χ1n) is 6.26. The van der Waals surface area contributed by atoms with Crippen LogP contribution in [0.1, 0.15) is 19.3 Å². The predicted molar refractivity (Wildman–Crippen MR) is 65.7 cm³/mol. The van der Waals surface area contributed by atoms with Crippen molar-refractivity contribution in [3.8, 4) is 0 Å². The van der Waals surface area contributed by atoms with Gasteiger partial charge in [-0.2, -0.15) is 5.06 Å². The van der Waals surface area contributed by atoms with Crippen molar-refractivity contribution in [1.82, 2.24) is 5.06 Å². The Morgan fingerprint density at radius 3 is 2.67 bits per heavy atom. The number of hydrogen-bond acceptors (Lipinski definition) is 4. The van der Waals surface area contributed by atoms with Crippen molar-refractivity contribution in [2.24, 2.45) is 5.41 Å². The van der Waals surface area contributed by atoms with E-state index in [1.807, 2.05) is 12.2 Å². The first-order valence-corrected chi connectivity index (χ1v) is 6.26.